The number of rotatable bonds is 3. The maximum absolute atomic E-state index is 12.5. The predicted octanol–water partition coefficient (Wildman–Crippen LogP) is 4.69. The summed E-state index contributed by atoms with van der Waals surface area (Å²) in [6.07, 6.45) is 0. The lowest BCUT2D eigenvalue weighted by atomic mass is 10.3. The lowest BCUT2D eigenvalue weighted by molar-refractivity contribution is -0.116. The van der Waals surface area contributed by atoms with Crippen LogP contribution in [0.3, 0.4) is 0 Å². The number of nitrogens with zero attached hydrogens (tertiary/aromatic N) is 1. The van der Waals surface area contributed by atoms with Gasteiger partial charge in [-0.15, -0.1) is 0 Å². The van der Waals surface area contributed by atoms with Crippen LogP contribution < -0.4 is 10.2 Å². The molecule has 1 aliphatic heterocycles. The van der Waals surface area contributed by atoms with Crippen LogP contribution in [0.2, 0.25) is 0 Å². The van der Waals surface area contributed by atoms with Crippen LogP contribution >= 0.6 is 50.3 Å². The monoisotopic (exact) mass is 488 g/mol. The number of anilines is 2. The molecule has 1 saturated heterocycles. The third-order valence-electron chi connectivity index (χ3n) is 3.07. The predicted molar refractivity (Wildman–Crippen MR) is 101 cm³/mol. The van der Waals surface area contributed by atoms with Crippen LogP contribution in [0.1, 0.15) is 0 Å². The Morgan fingerprint density at radius 1 is 1.05 bits per heavy atom. The van der Waals surface area contributed by atoms with E-state index in [9.17, 15) is 9.59 Å². The van der Waals surface area contributed by atoms with Gasteiger partial charge in [0, 0.05) is 13.7 Å². The van der Waals surface area contributed by atoms with Crippen LogP contribution in [0.5, 0.6) is 0 Å². The maximum Gasteiger partial charge on any atom is 0.295 e. The fourth-order valence-corrected chi connectivity index (χ4v) is 3.55. The number of hydrogen-bond acceptors (Lipinski definition) is 4. The highest BCUT2D eigenvalue weighted by Crippen LogP contribution is 2.33. The number of amides is 2. The minimum Gasteiger partial charge on any atom is -0.365 e. The van der Waals surface area contributed by atoms with Gasteiger partial charge in [-0.1, -0.05) is 15.9 Å². The van der Waals surface area contributed by atoms with E-state index in [4.69, 9.17) is 0 Å². The van der Waals surface area contributed by atoms with E-state index in [1.807, 2.05) is 24.3 Å². The average molecular weight is 489 g/mol. The quantitative estimate of drug-likeness (QED) is 0.636. The first kappa shape index (κ1) is 15.8. The number of nitrogens with one attached hydrogen (secondary N) is 1. The van der Waals surface area contributed by atoms with Crippen molar-refractivity contribution in [1.29, 1.82) is 0 Å². The summed E-state index contributed by atoms with van der Waals surface area (Å²) in [6, 6.07) is 14.8. The van der Waals surface area contributed by atoms with E-state index in [1.54, 1.807) is 24.3 Å². The Bertz CT molecular complexity index is 721. The van der Waals surface area contributed by atoms with Crippen LogP contribution in [0.25, 0.3) is 0 Å². The van der Waals surface area contributed by atoms with Gasteiger partial charge in [0.25, 0.3) is 11.1 Å². The largest absolute Gasteiger partial charge is 0.365 e. The number of benzene rings is 2. The van der Waals surface area contributed by atoms with Crippen molar-refractivity contribution in [3.63, 3.8) is 0 Å². The van der Waals surface area contributed by atoms with Crippen molar-refractivity contribution >= 4 is 72.8 Å². The van der Waals surface area contributed by atoms with Crippen molar-refractivity contribution in [3.05, 3.63) is 56.6 Å². The zero-order valence-corrected chi connectivity index (χ0v) is 15.7. The molecule has 1 fully saturated rings. The molecule has 0 bridgehead atoms. The summed E-state index contributed by atoms with van der Waals surface area (Å²) < 4.78 is 2.01. The standard InChI is InChI=1S/C15H10BrIN2O2S/c16-9-1-7-12(8-2-9)19-14(20)13(22-15(19)21)18-11-5-3-10(17)4-6-11/h1-8,13,18H. The lowest BCUT2D eigenvalue weighted by Crippen LogP contribution is -2.34. The zero-order valence-electron chi connectivity index (χ0n) is 11.1. The summed E-state index contributed by atoms with van der Waals surface area (Å²) in [7, 11) is 0. The molecule has 1 N–H and O–H groups in total. The van der Waals surface area contributed by atoms with Crippen molar-refractivity contribution in [1.82, 2.24) is 0 Å². The van der Waals surface area contributed by atoms with Gasteiger partial charge in [-0.3, -0.25) is 9.59 Å². The molecule has 22 heavy (non-hydrogen) atoms. The number of halogens is 2. The molecule has 1 unspecified atom stereocenters. The zero-order chi connectivity index (χ0) is 15.7. The highest BCUT2D eigenvalue weighted by Gasteiger charge is 2.40. The van der Waals surface area contributed by atoms with Crippen molar-refractivity contribution in [2.45, 2.75) is 5.37 Å². The Hall–Kier alpha value is -1.06. The van der Waals surface area contributed by atoms with Gasteiger partial charge in [0.05, 0.1) is 5.69 Å². The van der Waals surface area contributed by atoms with Gasteiger partial charge in [-0.2, -0.15) is 0 Å². The van der Waals surface area contributed by atoms with E-state index in [1.165, 1.54) is 4.90 Å². The van der Waals surface area contributed by atoms with Crippen molar-refractivity contribution in [3.8, 4) is 0 Å². The van der Waals surface area contributed by atoms with Gasteiger partial charge >= 0.3 is 0 Å². The Morgan fingerprint density at radius 3 is 2.32 bits per heavy atom. The first-order valence-electron chi connectivity index (χ1n) is 6.37. The first-order valence-corrected chi connectivity index (χ1v) is 9.12. The molecule has 7 heteroatoms. The van der Waals surface area contributed by atoms with E-state index in [0.717, 1.165) is 25.5 Å². The Balaban J connectivity index is 1.79. The molecule has 2 aromatic rings. The molecule has 4 nitrogen and oxygen atoms in total. The second-order valence-electron chi connectivity index (χ2n) is 4.57. The van der Waals surface area contributed by atoms with Crippen LogP contribution in [0.4, 0.5) is 16.2 Å². The van der Waals surface area contributed by atoms with E-state index < -0.39 is 5.37 Å². The molecular formula is C15H10BrIN2O2S. The Morgan fingerprint density at radius 2 is 1.68 bits per heavy atom. The van der Waals surface area contributed by atoms with Crippen LogP contribution in [0, 0.1) is 3.57 Å². The number of hydrogen-bond donors (Lipinski definition) is 1. The second kappa shape index (κ2) is 6.59. The van der Waals surface area contributed by atoms with E-state index in [-0.39, 0.29) is 11.1 Å². The van der Waals surface area contributed by atoms with Gasteiger partial charge in [-0.25, -0.2) is 4.90 Å². The highest BCUT2D eigenvalue weighted by atomic mass is 127. The molecule has 0 spiro atoms. The highest BCUT2D eigenvalue weighted by molar-refractivity contribution is 14.1. The van der Waals surface area contributed by atoms with Crippen molar-refractivity contribution in [2.24, 2.45) is 0 Å². The molecule has 1 heterocycles. The van der Waals surface area contributed by atoms with E-state index >= 15 is 0 Å². The Kier molecular flexibility index (Phi) is 4.74. The van der Waals surface area contributed by atoms with E-state index in [0.29, 0.717) is 5.69 Å². The third kappa shape index (κ3) is 3.31. The van der Waals surface area contributed by atoms with Crippen LogP contribution in [-0.2, 0) is 4.79 Å². The fourth-order valence-electron chi connectivity index (χ4n) is 2.02. The molecule has 2 aromatic carbocycles. The van der Waals surface area contributed by atoms with Gasteiger partial charge in [0.1, 0.15) is 0 Å². The van der Waals surface area contributed by atoms with E-state index in [2.05, 4.69) is 43.8 Å². The molecule has 0 aliphatic carbocycles. The van der Waals surface area contributed by atoms with Gasteiger partial charge in [0.2, 0.25) is 0 Å². The normalized spacial score (nSPS) is 17.9. The third-order valence-corrected chi connectivity index (χ3v) is 5.26. The van der Waals surface area contributed by atoms with Crippen LogP contribution in [0.15, 0.2) is 53.0 Å². The Labute approximate surface area is 153 Å². The summed E-state index contributed by atoms with van der Waals surface area (Å²) in [4.78, 5) is 25.8. The number of thioether (sulfide) groups is 1. The molecule has 112 valence electrons. The van der Waals surface area contributed by atoms with Crippen LogP contribution in [-0.4, -0.2) is 16.5 Å². The molecule has 1 aliphatic rings. The van der Waals surface area contributed by atoms with Crippen molar-refractivity contribution in [2.75, 3.05) is 10.2 Å². The summed E-state index contributed by atoms with van der Waals surface area (Å²) in [5.74, 6) is -0.254. The topological polar surface area (TPSA) is 49.4 Å². The fraction of sp³-hybridized carbons (Fsp3) is 0.0667. The molecule has 3 rings (SSSR count). The molecule has 0 saturated carbocycles. The summed E-state index contributed by atoms with van der Waals surface area (Å²) in [5, 5.41) is 2.23. The minimum absolute atomic E-state index is 0.254. The summed E-state index contributed by atoms with van der Waals surface area (Å²) in [6.45, 7) is 0. The first-order chi connectivity index (χ1) is 10.5. The number of carbonyl (C=O) groups excluding carboxylic acids is 2. The van der Waals surface area contributed by atoms with Gasteiger partial charge in [0.15, 0.2) is 5.37 Å². The number of imide groups is 1. The van der Waals surface area contributed by atoms with Crippen molar-refractivity contribution < 1.29 is 9.59 Å². The SMILES string of the molecule is O=C1SC(Nc2ccc(I)cc2)C(=O)N1c1ccc(Br)cc1. The molecule has 1 atom stereocenters. The lowest BCUT2D eigenvalue weighted by Gasteiger charge is -2.15. The van der Waals surface area contributed by atoms with Gasteiger partial charge in [-0.05, 0) is 82.9 Å². The minimum atomic E-state index is -0.601. The molecular weight excluding hydrogens is 479 g/mol. The smallest absolute Gasteiger partial charge is 0.295 e. The molecule has 0 aromatic heterocycles. The second-order valence-corrected chi connectivity index (χ2v) is 7.78. The number of carbonyl (C=O) groups is 2. The maximum atomic E-state index is 12.5. The molecule has 0 radical (unpaired) electrons. The molecule has 2 amide bonds. The average Bonchev–Trinajstić information content (AvgIpc) is 2.77. The van der Waals surface area contributed by atoms with Gasteiger partial charge < -0.3 is 5.32 Å². The summed E-state index contributed by atoms with van der Waals surface area (Å²) >= 11 is 6.55. The summed E-state index contributed by atoms with van der Waals surface area (Å²) in [5.41, 5.74) is 1.40.